The summed E-state index contributed by atoms with van der Waals surface area (Å²) in [5.41, 5.74) is 29.6. The van der Waals surface area contributed by atoms with E-state index in [9.17, 15) is 4.79 Å². The fraction of sp³-hybridized carbons (Fsp3) is 0.449. The van der Waals surface area contributed by atoms with E-state index in [4.69, 9.17) is 21.4 Å². The number of Topliss-reactive ketones (excluding diaryl/α,β-unsaturated/α-hetero) is 1. The zero-order chi connectivity index (χ0) is 37.9. The summed E-state index contributed by atoms with van der Waals surface area (Å²) >= 11 is 0. The minimum absolute atomic E-state index is 0.219. The van der Waals surface area contributed by atoms with Crippen molar-refractivity contribution >= 4 is 28.1 Å². The van der Waals surface area contributed by atoms with Gasteiger partial charge in [-0.25, -0.2) is 0 Å². The Bertz CT molecular complexity index is 2170. The summed E-state index contributed by atoms with van der Waals surface area (Å²) in [4.78, 5) is 24.9. The van der Waals surface area contributed by atoms with Crippen LogP contribution in [0.1, 0.15) is 118 Å². The number of ketones is 1. The van der Waals surface area contributed by atoms with Gasteiger partial charge >= 0.3 is 0 Å². The Labute approximate surface area is 328 Å². The largest absolute Gasteiger partial charge is 0.398 e. The number of carbonyl (C=O) groups is 1. The molecule has 4 aliphatic carbocycles. The number of aromatic nitrogens is 2. The van der Waals surface area contributed by atoms with E-state index in [0.29, 0.717) is 11.7 Å². The second-order valence-corrected chi connectivity index (χ2v) is 16.9. The summed E-state index contributed by atoms with van der Waals surface area (Å²) in [6.07, 6.45) is 17.6. The predicted molar refractivity (Wildman–Crippen MR) is 227 cm³/mol. The lowest BCUT2D eigenvalue weighted by molar-refractivity contribution is 0.0895. The topological polar surface area (TPSA) is 98.1 Å². The Kier molecular flexibility index (Phi) is 11.3. The number of carbonyl (C=O) groups excluding carboxylic acids is 1. The Morgan fingerprint density at radius 3 is 1.98 bits per heavy atom. The third-order valence-electron chi connectivity index (χ3n) is 13.2. The highest BCUT2D eigenvalue weighted by Gasteiger charge is 2.33. The molecule has 0 saturated carbocycles. The van der Waals surface area contributed by atoms with Gasteiger partial charge < -0.3 is 11.5 Å². The molecule has 2 aromatic heterocycles. The van der Waals surface area contributed by atoms with Crippen LogP contribution in [0.3, 0.4) is 0 Å². The standard InChI is InChI=1S/C24H29NO.C13H14N2.C12H16N2/c1-17-12-21-15-22(24(26)23(21)13-18(17)2)14-19-8-10-25(11-9-19)16-20-6-4-3-5-7-20;14-13-9-5-1-3-7-11(9)15-12-8-4-2-6-10(12)13;13-12-8-4-1-2-6-10(8)14-11-7-3-5-9(11)12/h3-7,12-13,19,22H,8-11,14-16H2,1-2H3;1,3,5,7H,2,4,6,8H2,(H2,14,15);1-7H2,(H2,13,14). The van der Waals surface area contributed by atoms with E-state index in [2.05, 4.69) is 67.3 Å². The zero-order valence-corrected chi connectivity index (χ0v) is 33.1. The number of rotatable bonds is 4. The van der Waals surface area contributed by atoms with Gasteiger partial charge in [0.05, 0.1) is 5.52 Å². The average molecular weight is 734 g/mol. The summed E-state index contributed by atoms with van der Waals surface area (Å²) < 4.78 is 0. The lowest BCUT2D eigenvalue weighted by atomic mass is 9.85. The highest BCUT2D eigenvalue weighted by atomic mass is 16.1. The second kappa shape index (κ2) is 16.7. The summed E-state index contributed by atoms with van der Waals surface area (Å²) in [5.74, 6) is 1.32. The first kappa shape index (κ1) is 37.4. The normalized spacial score (nSPS) is 19.0. The molecule has 0 bridgehead atoms. The number of pyridine rings is 2. The summed E-state index contributed by atoms with van der Waals surface area (Å²) in [6, 6.07) is 23.3. The lowest BCUT2D eigenvalue weighted by Crippen LogP contribution is -2.34. The number of hydrogen-bond donors (Lipinski definition) is 2. The number of para-hydroxylation sites is 1. The van der Waals surface area contributed by atoms with E-state index in [1.165, 1.54) is 101 Å². The molecule has 1 atom stereocenters. The van der Waals surface area contributed by atoms with E-state index < -0.39 is 0 Å². The third-order valence-corrected chi connectivity index (χ3v) is 13.2. The second-order valence-electron chi connectivity index (χ2n) is 16.9. The van der Waals surface area contributed by atoms with Gasteiger partial charge in [-0.2, -0.15) is 0 Å². The molecule has 0 amide bonds. The number of nitrogen functional groups attached to an aromatic ring is 2. The molecule has 0 radical (unpaired) electrons. The SMILES string of the molecule is Cc1cc2c(cc1C)C(=O)C(CC1CCN(Cc3ccccc3)CC1)C2.Nc1c2c(nc3c1CCC3)CCCC2.Nc1c2c(nc3ccccc13)CCCC2. The van der Waals surface area contributed by atoms with Crippen LogP contribution >= 0.6 is 0 Å². The van der Waals surface area contributed by atoms with Crippen LogP contribution in [0.5, 0.6) is 0 Å². The first-order valence-corrected chi connectivity index (χ1v) is 21.2. The summed E-state index contributed by atoms with van der Waals surface area (Å²) in [7, 11) is 0. The van der Waals surface area contributed by atoms with E-state index >= 15 is 0 Å². The maximum Gasteiger partial charge on any atom is 0.166 e. The van der Waals surface area contributed by atoms with Crippen molar-refractivity contribution in [1.29, 1.82) is 0 Å². The van der Waals surface area contributed by atoms with E-state index in [1.807, 2.05) is 18.2 Å². The predicted octanol–water partition coefficient (Wildman–Crippen LogP) is 9.69. The van der Waals surface area contributed by atoms with Crippen LogP contribution in [-0.4, -0.2) is 33.7 Å². The van der Waals surface area contributed by atoms with Gasteiger partial charge in [0.15, 0.2) is 5.78 Å². The molecule has 1 saturated heterocycles. The van der Waals surface area contributed by atoms with Gasteiger partial charge in [0.1, 0.15) is 0 Å². The number of nitrogens with zero attached hydrogens (tertiary/aromatic N) is 3. The van der Waals surface area contributed by atoms with E-state index in [1.54, 1.807) is 0 Å². The first-order chi connectivity index (χ1) is 26.8. The molecule has 1 unspecified atom stereocenters. The Morgan fingerprint density at radius 2 is 1.25 bits per heavy atom. The smallest absolute Gasteiger partial charge is 0.166 e. The van der Waals surface area contributed by atoms with Crippen molar-refractivity contribution < 1.29 is 4.79 Å². The quantitative estimate of drug-likeness (QED) is 0.191. The molecule has 6 heteroatoms. The molecule has 10 rings (SSSR count). The van der Waals surface area contributed by atoms with Crippen molar-refractivity contribution in [3.63, 3.8) is 0 Å². The Morgan fingerprint density at radius 1 is 0.673 bits per heavy atom. The molecule has 1 aliphatic heterocycles. The van der Waals surface area contributed by atoms with E-state index in [0.717, 1.165) is 98.8 Å². The average Bonchev–Trinajstić information content (AvgIpc) is 3.81. The monoisotopic (exact) mass is 733 g/mol. The number of piperidine rings is 1. The van der Waals surface area contributed by atoms with Crippen molar-refractivity contribution in [2.45, 2.75) is 117 Å². The minimum Gasteiger partial charge on any atom is -0.398 e. The van der Waals surface area contributed by atoms with Crippen molar-refractivity contribution in [3.05, 3.63) is 128 Å². The van der Waals surface area contributed by atoms with Crippen LogP contribution in [-0.2, 0) is 51.5 Å². The molecular formula is C49H59N5O. The molecular weight excluding hydrogens is 675 g/mol. The van der Waals surface area contributed by atoms with Gasteiger partial charge in [-0.3, -0.25) is 19.7 Å². The number of anilines is 2. The zero-order valence-electron chi connectivity index (χ0n) is 33.1. The number of hydrogen-bond acceptors (Lipinski definition) is 6. The molecule has 1 fully saturated rings. The van der Waals surface area contributed by atoms with Gasteiger partial charge in [-0.05, 0) is 180 Å². The molecule has 3 aromatic carbocycles. The number of aryl methyl sites for hydroxylation is 5. The summed E-state index contributed by atoms with van der Waals surface area (Å²) in [5, 5.41) is 1.11. The fourth-order valence-corrected chi connectivity index (χ4v) is 9.87. The van der Waals surface area contributed by atoms with Crippen LogP contribution in [0, 0.1) is 25.7 Å². The van der Waals surface area contributed by atoms with Gasteiger partial charge in [0.2, 0.25) is 0 Å². The van der Waals surface area contributed by atoms with E-state index in [-0.39, 0.29) is 5.92 Å². The first-order valence-electron chi connectivity index (χ1n) is 21.2. The number of fused-ring (bicyclic) bond motifs is 5. The number of likely N-dealkylation sites (tertiary alicyclic amines) is 1. The van der Waals surface area contributed by atoms with Crippen LogP contribution in [0.15, 0.2) is 66.7 Å². The van der Waals surface area contributed by atoms with Crippen molar-refractivity contribution in [2.75, 3.05) is 24.6 Å². The van der Waals surface area contributed by atoms with Gasteiger partial charge in [0.25, 0.3) is 0 Å². The molecule has 286 valence electrons. The Balaban J connectivity index is 0.000000125. The molecule has 3 heterocycles. The molecule has 5 aliphatic rings. The third kappa shape index (κ3) is 8.21. The molecule has 55 heavy (non-hydrogen) atoms. The maximum absolute atomic E-state index is 12.8. The lowest BCUT2D eigenvalue weighted by Gasteiger charge is -2.33. The van der Waals surface area contributed by atoms with Crippen molar-refractivity contribution in [2.24, 2.45) is 11.8 Å². The maximum atomic E-state index is 12.8. The van der Waals surface area contributed by atoms with Gasteiger partial charge in [-0.1, -0.05) is 54.6 Å². The highest BCUT2D eigenvalue weighted by molar-refractivity contribution is 6.02. The molecule has 4 N–H and O–H groups in total. The van der Waals surface area contributed by atoms with Crippen LogP contribution in [0.25, 0.3) is 10.9 Å². The van der Waals surface area contributed by atoms with Crippen molar-refractivity contribution in [3.8, 4) is 0 Å². The number of benzene rings is 3. The minimum atomic E-state index is 0.219. The Hall–Kier alpha value is -4.55. The van der Waals surface area contributed by atoms with Gasteiger partial charge in [0, 0.05) is 51.9 Å². The molecule has 6 nitrogen and oxygen atoms in total. The van der Waals surface area contributed by atoms with Crippen LogP contribution in [0.2, 0.25) is 0 Å². The van der Waals surface area contributed by atoms with Gasteiger partial charge in [-0.15, -0.1) is 0 Å². The van der Waals surface area contributed by atoms with Crippen LogP contribution < -0.4 is 11.5 Å². The van der Waals surface area contributed by atoms with Crippen LogP contribution in [0.4, 0.5) is 11.4 Å². The van der Waals surface area contributed by atoms with Crippen molar-refractivity contribution in [1.82, 2.24) is 14.9 Å². The fourth-order valence-electron chi connectivity index (χ4n) is 9.87. The molecule has 5 aromatic rings. The number of nitrogens with two attached hydrogens (primary N) is 2. The highest BCUT2D eigenvalue weighted by Crippen LogP contribution is 2.36. The summed E-state index contributed by atoms with van der Waals surface area (Å²) in [6.45, 7) is 7.63. The molecule has 0 spiro atoms.